The minimum Gasteiger partial charge on any atom is -0.481 e. The van der Waals surface area contributed by atoms with Crippen molar-refractivity contribution >= 4 is 16.2 Å². The van der Waals surface area contributed by atoms with E-state index in [1.807, 2.05) is 0 Å². The molecule has 0 saturated carbocycles. The lowest BCUT2D eigenvalue weighted by molar-refractivity contribution is -0.137. The van der Waals surface area contributed by atoms with Crippen LogP contribution in [-0.4, -0.2) is 68.0 Å². The van der Waals surface area contributed by atoms with Gasteiger partial charge < -0.3 is 9.84 Å². The Bertz CT molecular complexity index is 376. The van der Waals surface area contributed by atoms with Gasteiger partial charge in [-0.1, -0.05) is 0 Å². The van der Waals surface area contributed by atoms with Crippen LogP contribution < -0.4 is 0 Å². The summed E-state index contributed by atoms with van der Waals surface area (Å²) in [4.78, 5) is 10.4. The monoisotopic (exact) mass is 280 g/mol. The Balaban J connectivity index is 2.55. The highest BCUT2D eigenvalue weighted by Crippen LogP contribution is 2.17. The van der Waals surface area contributed by atoms with Gasteiger partial charge in [0.05, 0.1) is 12.5 Å². The van der Waals surface area contributed by atoms with Crippen LogP contribution >= 0.6 is 0 Å². The number of ether oxygens (including phenoxy) is 1. The van der Waals surface area contributed by atoms with Crippen LogP contribution in [0, 0.1) is 0 Å². The largest absolute Gasteiger partial charge is 0.481 e. The van der Waals surface area contributed by atoms with Gasteiger partial charge in [-0.15, -0.1) is 0 Å². The van der Waals surface area contributed by atoms with E-state index in [4.69, 9.17) is 9.84 Å². The van der Waals surface area contributed by atoms with Gasteiger partial charge in [-0.05, 0) is 12.8 Å². The fourth-order valence-electron chi connectivity index (χ4n) is 1.86. The number of piperidine rings is 1. The summed E-state index contributed by atoms with van der Waals surface area (Å²) in [6, 6.07) is 0. The SMILES string of the molecule is COC1CCN(S(=O)(=O)N(C)CCC(=O)O)CC1. The number of aliphatic carboxylic acids is 1. The van der Waals surface area contributed by atoms with Crippen LogP contribution in [0.25, 0.3) is 0 Å². The second-order valence-corrected chi connectivity index (χ2v) is 6.34. The predicted molar refractivity (Wildman–Crippen MR) is 65.4 cm³/mol. The Morgan fingerprint density at radius 1 is 1.44 bits per heavy atom. The molecule has 1 aliphatic rings. The van der Waals surface area contributed by atoms with E-state index < -0.39 is 16.2 Å². The van der Waals surface area contributed by atoms with Gasteiger partial charge in [-0.25, -0.2) is 0 Å². The molecule has 1 N–H and O–H groups in total. The molecule has 0 aromatic carbocycles. The second-order valence-electron chi connectivity index (χ2n) is 4.31. The molecule has 18 heavy (non-hydrogen) atoms. The maximum atomic E-state index is 12.1. The van der Waals surface area contributed by atoms with E-state index in [0.717, 1.165) is 4.31 Å². The van der Waals surface area contributed by atoms with E-state index in [9.17, 15) is 13.2 Å². The van der Waals surface area contributed by atoms with E-state index >= 15 is 0 Å². The summed E-state index contributed by atoms with van der Waals surface area (Å²) in [6.07, 6.45) is 1.26. The van der Waals surface area contributed by atoms with Crippen molar-refractivity contribution in [2.24, 2.45) is 0 Å². The first-order chi connectivity index (χ1) is 8.37. The van der Waals surface area contributed by atoms with Crippen molar-refractivity contribution < 1.29 is 23.1 Å². The van der Waals surface area contributed by atoms with Crippen molar-refractivity contribution in [3.63, 3.8) is 0 Å². The van der Waals surface area contributed by atoms with Crippen molar-refractivity contribution in [1.82, 2.24) is 8.61 Å². The summed E-state index contributed by atoms with van der Waals surface area (Å²) >= 11 is 0. The Hall–Kier alpha value is -0.700. The molecule has 1 heterocycles. The first-order valence-corrected chi connectivity index (χ1v) is 7.23. The van der Waals surface area contributed by atoms with Crippen molar-refractivity contribution in [2.45, 2.75) is 25.4 Å². The van der Waals surface area contributed by atoms with Crippen molar-refractivity contribution in [3.8, 4) is 0 Å². The third-order valence-electron chi connectivity index (χ3n) is 3.10. The lowest BCUT2D eigenvalue weighted by Crippen LogP contribution is -2.47. The molecular formula is C10H20N2O5S. The molecule has 106 valence electrons. The number of nitrogens with zero attached hydrogens (tertiary/aromatic N) is 2. The van der Waals surface area contributed by atoms with Crippen LogP contribution in [0.3, 0.4) is 0 Å². The molecule has 0 atom stereocenters. The number of carboxylic acid groups (broad SMARTS) is 1. The Kier molecular flexibility index (Phi) is 5.51. The van der Waals surface area contributed by atoms with Crippen LogP contribution in [0.1, 0.15) is 19.3 Å². The highest BCUT2D eigenvalue weighted by molar-refractivity contribution is 7.86. The van der Waals surface area contributed by atoms with Gasteiger partial charge in [0.15, 0.2) is 0 Å². The van der Waals surface area contributed by atoms with E-state index in [0.29, 0.717) is 25.9 Å². The summed E-state index contributed by atoms with van der Waals surface area (Å²) in [7, 11) is -0.519. The van der Waals surface area contributed by atoms with Crippen molar-refractivity contribution in [1.29, 1.82) is 0 Å². The van der Waals surface area contributed by atoms with Crippen LogP contribution in [0.4, 0.5) is 0 Å². The molecule has 0 aromatic rings. The quantitative estimate of drug-likeness (QED) is 0.725. The maximum Gasteiger partial charge on any atom is 0.304 e. The smallest absolute Gasteiger partial charge is 0.304 e. The number of methoxy groups -OCH3 is 1. The van der Waals surface area contributed by atoms with Gasteiger partial charge in [-0.2, -0.15) is 17.0 Å². The Labute approximate surface area is 108 Å². The third-order valence-corrected chi connectivity index (χ3v) is 5.08. The fourth-order valence-corrected chi connectivity index (χ4v) is 3.25. The van der Waals surface area contributed by atoms with Crippen molar-refractivity contribution in [2.75, 3.05) is 33.8 Å². The zero-order valence-electron chi connectivity index (χ0n) is 10.7. The fraction of sp³-hybridized carbons (Fsp3) is 0.900. The minimum atomic E-state index is -3.54. The van der Waals surface area contributed by atoms with Gasteiger partial charge in [-0.3, -0.25) is 4.79 Å². The Morgan fingerprint density at radius 3 is 2.44 bits per heavy atom. The molecule has 1 rings (SSSR count). The third kappa shape index (κ3) is 3.91. The van der Waals surface area contributed by atoms with E-state index in [1.165, 1.54) is 11.4 Å². The molecule has 7 nitrogen and oxygen atoms in total. The predicted octanol–water partition coefficient (Wildman–Crippen LogP) is -0.251. The van der Waals surface area contributed by atoms with Gasteiger partial charge in [0.2, 0.25) is 0 Å². The lowest BCUT2D eigenvalue weighted by atomic mass is 10.1. The highest BCUT2D eigenvalue weighted by atomic mass is 32.2. The highest BCUT2D eigenvalue weighted by Gasteiger charge is 2.31. The Morgan fingerprint density at radius 2 is 2.00 bits per heavy atom. The number of carboxylic acids is 1. The zero-order chi connectivity index (χ0) is 13.8. The van der Waals surface area contributed by atoms with Gasteiger partial charge in [0.25, 0.3) is 10.2 Å². The van der Waals surface area contributed by atoms with Gasteiger partial charge in [0.1, 0.15) is 0 Å². The normalized spacial score (nSPS) is 19.3. The number of hydrogen-bond donors (Lipinski definition) is 1. The standard InChI is InChI=1S/C10H20N2O5S/c1-11(6-5-10(13)14)18(15,16)12-7-3-9(17-2)4-8-12/h9H,3-8H2,1-2H3,(H,13,14). The molecule has 0 radical (unpaired) electrons. The van der Waals surface area contributed by atoms with Gasteiger partial charge in [0, 0.05) is 33.8 Å². The number of rotatable bonds is 6. The summed E-state index contributed by atoms with van der Waals surface area (Å²) < 4.78 is 31.9. The van der Waals surface area contributed by atoms with Crippen molar-refractivity contribution in [3.05, 3.63) is 0 Å². The van der Waals surface area contributed by atoms with Crippen LogP contribution in [0.5, 0.6) is 0 Å². The molecule has 0 unspecified atom stereocenters. The van der Waals surface area contributed by atoms with Crippen LogP contribution in [0.15, 0.2) is 0 Å². The van der Waals surface area contributed by atoms with E-state index in [2.05, 4.69) is 0 Å². The lowest BCUT2D eigenvalue weighted by Gasteiger charge is -2.33. The molecule has 0 bridgehead atoms. The average molecular weight is 280 g/mol. The second kappa shape index (κ2) is 6.46. The molecule has 0 aromatic heterocycles. The van der Waals surface area contributed by atoms with E-state index in [1.54, 1.807) is 7.11 Å². The summed E-state index contributed by atoms with van der Waals surface area (Å²) in [6.45, 7) is 0.818. The molecule has 0 amide bonds. The molecular weight excluding hydrogens is 260 g/mol. The molecule has 1 saturated heterocycles. The van der Waals surface area contributed by atoms with Crippen LogP contribution in [0.2, 0.25) is 0 Å². The zero-order valence-corrected chi connectivity index (χ0v) is 11.5. The topological polar surface area (TPSA) is 87.2 Å². The summed E-state index contributed by atoms with van der Waals surface area (Å²) in [5.41, 5.74) is 0. The number of hydrogen-bond acceptors (Lipinski definition) is 4. The minimum absolute atomic E-state index is 0.0120. The average Bonchev–Trinajstić information content (AvgIpc) is 2.35. The maximum absolute atomic E-state index is 12.1. The van der Waals surface area contributed by atoms with Crippen LogP contribution in [-0.2, 0) is 19.7 Å². The first-order valence-electron chi connectivity index (χ1n) is 5.84. The molecule has 0 aliphatic carbocycles. The summed E-state index contributed by atoms with van der Waals surface area (Å²) in [5, 5.41) is 8.55. The molecule has 1 fully saturated rings. The van der Waals surface area contributed by atoms with E-state index in [-0.39, 0.29) is 19.1 Å². The first kappa shape index (κ1) is 15.4. The molecule has 1 aliphatic heterocycles. The molecule has 8 heteroatoms. The summed E-state index contributed by atoms with van der Waals surface area (Å²) in [5.74, 6) is -1.00. The molecule has 0 spiro atoms. The van der Waals surface area contributed by atoms with Gasteiger partial charge >= 0.3 is 5.97 Å². The number of carbonyl (C=O) groups is 1.